The summed E-state index contributed by atoms with van der Waals surface area (Å²) in [6.45, 7) is -0.222. The van der Waals surface area contributed by atoms with Crippen molar-refractivity contribution >= 4 is 163 Å². The topological polar surface area (TPSA) is 15.7 Å². The lowest BCUT2D eigenvalue weighted by molar-refractivity contribution is 0.436. The fourth-order valence-electron chi connectivity index (χ4n) is 18.6. The number of anilines is 6. The Balaban J connectivity index is 0.914. The van der Waals surface area contributed by atoms with E-state index >= 15 is 0 Å². The molecule has 1 aliphatic carbocycles. The van der Waals surface area contributed by atoms with Crippen LogP contribution >= 0.6 is 22.7 Å². The van der Waals surface area contributed by atoms with E-state index in [9.17, 15) is 0 Å². The van der Waals surface area contributed by atoms with E-state index in [-0.39, 0.29) is 6.71 Å². The number of benzene rings is 17. The van der Waals surface area contributed by atoms with Gasteiger partial charge >= 0.3 is 0 Å². The summed E-state index contributed by atoms with van der Waals surface area (Å²) in [5.41, 5.74) is 24.2. The Hall–Kier alpha value is -12.3. The second kappa shape index (κ2) is 20.9. The minimum atomic E-state index is -0.629. The Morgan fingerprint density at radius 1 is 0.257 bits per heavy atom. The lowest BCUT2D eigenvalue weighted by Crippen LogP contribution is -2.61. The zero-order chi connectivity index (χ0) is 65.8. The molecule has 19 aromatic rings. The number of thiophene rings is 2. The molecule has 0 amide bonds. The summed E-state index contributed by atoms with van der Waals surface area (Å²) >= 11 is 3.81. The summed E-state index contributed by atoms with van der Waals surface area (Å²) < 4.78 is 12.6. The van der Waals surface area contributed by atoms with Gasteiger partial charge in [-0.15, -0.1) is 22.7 Å². The van der Waals surface area contributed by atoms with Gasteiger partial charge in [-0.25, -0.2) is 0 Å². The minimum absolute atomic E-state index is 0.222. The Bertz CT molecular complexity index is 6490. The van der Waals surface area contributed by atoms with Gasteiger partial charge in [0.2, 0.25) is 0 Å². The molecule has 1 spiro atoms. The van der Waals surface area contributed by atoms with Gasteiger partial charge < -0.3 is 14.5 Å². The monoisotopic (exact) mass is 1310 g/mol. The standard InChI is InChI=1S/C95H55BN2OS2/c1-3-25-56(26-4-1)90-68-37-11-7-29-60(68)62-31-9-13-39-70(62)93(90)97-80-52-72-66-35-17-23-45-86(66)100-88(72)54-78(80)96-79-55-89-73(67-36-18-24-46-87(67)101-89)53-81(79)98(94-71-40-14-10-32-63(71)61-30-8-12-38-69(61)91(94)57-27-5-2-6-28-57)83-50-59(49-82(97)92(83)96)58-47-48-77-85(51-58)99-84-44-22-21-43-76(84)95(77)74-41-19-15-33-64(74)65-34-16-20-42-75(65)95/h1-55H. The Labute approximate surface area is 591 Å². The van der Waals surface area contributed by atoms with Crippen LogP contribution in [0.3, 0.4) is 0 Å². The van der Waals surface area contributed by atoms with Crippen molar-refractivity contribution in [3.05, 3.63) is 356 Å². The van der Waals surface area contributed by atoms with Gasteiger partial charge in [-0.1, -0.05) is 273 Å². The maximum Gasteiger partial charge on any atom is 0.252 e. The van der Waals surface area contributed by atoms with Gasteiger partial charge in [-0.05, 0) is 154 Å². The van der Waals surface area contributed by atoms with Crippen LogP contribution in [0.2, 0.25) is 0 Å². The van der Waals surface area contributed by atoms with Crippen molar-refractivity contribution in [1.29, 1.82) is 0 Å². The number of hydrogen-bond donors (Lipinski definition) is 0. The lowest BCUT2D eigenvalue weighted by Gasteiger charge is -2.46. The van der Waals surface area contributed by atoms with Gasteiger partial charge in [-0.3, -0.25) is 0 Å². The van der Waals surface area contributed by atoms with Crippen molar-refractivity contribution in [1.82, 2.24) is 0 Å². The summed E-state index contributed by atoms with van der Waals surface area (Å²) in [6, 6.07) is 127. The van der Waals surface area contributed by atoms with E-state index in [2.05, 4.69) is 343 Å². The van der Waals surface area contributed by atoms with Gasteiger partial charge in [0, 0.05) is 96.1 Å². The Morgan fingerprint density at radius 2 is 0.653 bits per heavy atom. The second-order valence-corrected chi connectivity index (χ2v) is 29.7. The van der Waals surface area contributed by atoms with Crippen LogP contribution in [0.15, 0.2) is 334 Å². The molecule has 101 heavy (non-hydrogen) atoms. The molecule has 0 fully saturated rings. The predicted octanol–water partition coefficient (Wildman–Crippen LogP) is 24.6. The molecule has 2 aromatic heterocycles. The van der Waals surface area contributed by atoms with Crippen LogP contribution in [0.4, 0.5) is 34.1 Å². The minimum Gasteiger partial charge on any atom is -0.457 e. The van der Waals surface area contributed by atoms with Crippen molar-refractivity contribution in [2.45, 2.75) is 5.41 Å². The van der Waals surface area contributed by atoms with Crippen molar-refractivity contribution in [3.63, 3.8) is 0 Å². The van der Waals surface area contributed by atoms with Crippen molar-refractivity contribution in [3.8, 4) is 56.0 Å². The van der Waals surface area contributed by atoms with Gasteiger partial charge in [0.1, 0.15) is 11.5 Å². The molecule has 0 radical (unpaired) electrons. The largest absolute Gasteiger partial charge is 0.457 e. The molecule has 5 heterocycles. The molecule has 0 unspecified atom stereocenters. The summed E-state index contributed by atoms with van der Waals surface area (Å²) in [7, 11) is 0. The summed E-state index contributed by atoms with van der Waals surface area (Å²) in [4.78, 5) is 5.48. The van der Waals surface area contributed by atoms with E-state index in [1.807, 2.05) is 22.7 Å². The number of hydrogen-bond acceptors (Lipinski definition) is 5. The van der Waals surface area contributed by atoms with Crippen molar-refractivity contribution in [2.24, 2.45) is 0 Å². The van der Waals surface area contributed by atoms with Crippen LogP contribution in [0.25, 0.3) is 128 Å². The average molecular weight is 1320 g/mol. The summed E-state index contributed by atoms with van der Waals surface area (Å²) in [5, 5.41) is 14.7. The molecule has 4 aliphatic rings. The van der Waals surface area contributed by atoms with E-state index in [1.54, 1.807) is 0 Å². The van der Waals surface area contributed by atoms with E-state index in [1.165, 1.54) is 145 Å². The zero-order valence-electron chi connectivity index (χ0n) is 54.5. The van der Waals surface area contributed by atoms with Gasteiger partial charge in [0.15, 0.2) is 0 Å². The maximum absolute atomic E-state index is 7.45. The van der Waals surface area contributed by atoms with E-state index < -0.39 is 5.41 Å². The predicted molar refractivity (Wildman–Crippen MR) is 430 cm³/mol. The van der Waals surface area contributed by atoms with Crippen molar-refractivity contribution < 1.29 is 4.74 Å². The number of para-hydroxylation sites is 1. The number of fused-ring (bicyclic) bond motifs is 25. The molecule has 6 heteroatoms. The SMILES string of the molecule is c1ccc(-c2c(N3c4cc5c(cc4B4c6cc7sc8ccccc8c7cc6N(c6c(-c7ccccc7)c7ccccc7c7ccccc67)c6cc(-c7ccc8c(c7)Oc7ccccc7C87c8ccccc8-c8ccccc87)cc3c64)sc3ccccc35)c3ccccc3c3ccccc23)cc1. The molecule has 3 nitrogen and oxygen atoms in total. The quantitative estimate of drug-likeness (QED) is 0.126. The highest BCUT2D eigenvalue weighted by molar-refractivity contribution is 7.26. The highest BCUT2D eigenvalue weighted by Gasteiger charge is 2.52. The molecule has 0 bridgehead atoms. The molecular weight excluding hydrogens is 1260 g/mol. The van der Waals surface area contributed by atoms with E-state index in [4.69, 9.17) is 4.74 Å². The third-order valence-corrected chi connectivity index (χ3v) is 24.9. The maximum atomic E-state index is 7.45. The third-order valence-electron chi connectivity index (χ3n) is 22.6. The van der Waals surface area contributed by atoms with E-state index in [0.29, 0.717) is 0 Å². The van der Waals surface area contributed by atoms with E-state index in [0.717, 1.165) is 67.6 Å². The molecule has 17 aromatic carbocycles. The molecule has 23 rings (SSSR count). The second-order valence-electron chi connectivity index (χ2n) is 27.6. The number of nitrogens with zero attached hydrogens (tertiary/aromatic N) is 2. The zero-order valence-corrected chi connectivity index (χ0v) is 56.1. The van der Waals surface area contributed by atoms with Crippen LogP contribution in [-0.2, 0) is 5.41 Å². The van der Waals surface area contributed by atoms with Crippen LogP contribution in [0, 0.1) is 0 Å². The molecule has 0 N–H and O–H groups in total. The smallest absolute Gasteiger partial charge is 0.252 e. The first-order chi connectivity index (χ1) is 50.1. The Morgan fingerprint density at radius 3 is 1.16 bits per heavy atom. The van der Waals surface area contributed by atoms with Gasteiger partial charge in [0.25, 0.3) is 6.71 Å². The van der Waals surface area contributed by atoms with Crippen molar-refractivity contribution in [2.75, 3.05) is 9.80 Å². The van der Waals surface area contributed by atoms with Crippen LogP contribution < -0.4 is 30.9 Å². The van der Waals surface area contributed by atoms with Gasteiger partial charge in [0.05, 0.1) is 16.8 Å². The molecule has 0 atom stereocenters. The number of ether oxygens (including phenoxy) is 1. The first-order valence-electron chi connectivity index (χ1n) is 34.9. The van der Waals surface area contributed by atoms with Crippen LogP contribution in [0.5, 0.6) is 11.5 Å². The molecular formula is C95H55BN2OS2. The number of rotatable bonds is 5. The van der Waals surface area contributed by atoms with Gasteiger partial charge in [-0.2, -0.15) is 0 Å². The highest BCUT2D eigenvalue weighted by atomic mass is 32.1. The first-order valence-corrected chi connectivity index (χ1v) is 36.5. The fourth-order valence-corrected chi connectivity index (χ4v) is 20.9. The molecule has 3 aliphatic heterocycles. The first kappa shape index (κ1) is 55.7. The summed E-state index contributed by atoms with van der Waals surface area (Å²) in [6.07, 6.45) is 0. The van der Waals surface area contributed by atoms with Crippen LogP contribution in [-0.4, -0.2) is 6.71 Å². The lowest BCUT2D eigenvalue weighted by atomic mass is 9.33. The normalized spacial score (nSPS) is 13.6. The Kier molecular flexibility index (Phi) is 11.5. The molecule has 0 saturated heterocycles. The molecule has 466 valence electrons. The summed E-state index contributed by atoms with van der Waals surface area (Å²) in [5.74, 6) is 1.71. The fraction of sp³-hybridized carbons (Fsp3) is 0.0105. The molecule has 0 saturated carbocycles. The third kappa shape index (κ3) is 7.57. The highest BCUT2D eigenvalue weighted by Crippen LogP contribution is 2.63. The average Bonchev–Trinajstić information content (AvgIpc) is 1.68. The van der Waals surface area contributed by atoms with Crippen LogP contribution in [0.1, 0.15) is 22.3 Å².